The third-order valence-electron chi connectivity index (χ3n) is 4.08. The van der Waals surface area contributed by atoms with E-state index in [4.69, 9.17) is 4.74 Å². The monoisotopic (exact) mass is 299 g/mol. The lowest BCUT2D eigenvalue weighted by atomic mass is 9.81. The van der Waals surface area contributed by atoms with Crippen LogP contribution in [-0.4, -0.2) is 18.2 Å². The van der Waals surface area contributed by atoms with E-state index < -0.39 is 0 Å². The molecule has 0 radical (unpaired) electrons. The molecule has 2 unspecified atom stereocenters. The molecule has 0 amide bonds. The summed E-state index contributed by atoms with van der Waals surface area (Å²) in [6, 6.07) is 6.50. The molecule has 2 atom stereocenters. The Morgan fingerprint density at radius 2 is 1.91 bits per heavy atom. The van der Waals surface area contributed by atoms with Gasteiger partial charge in [0.05, 0.1) is 11.6 Å². The second kappa shape index (κ2) is 8.70. The molecule has 1 aromatic heterocycles. The highest BCUT2D eigenvalue weighted by atomic mass is 16.5. The lowest BCUT2D eigenvalue weighted by Crippen LogP contribution is -2.24. The third-order valence-corrected chi connectivity index (χ3v) is 4.08. The molecule has 2 aromatic rings. The molecule has 0 saturated heterocycles. The van der Waals surface area contributed by atoms with Crippen LogP contribution in [0.4, 0.5) is 0 Å². The number of hydrogen-bond donors (Lipinski definition) is 0. The van der Waals surface area contributed by atoms with E-state index in [-0.39, 0.29) is 0 Å². The van der Waals surface area contributed by atoms with Crippen LogP contribution in [0.5, 0.6) is 0 Å². The van der Waals surface area contributed by atoms with E-state index in [1.807, 2.05) is 21.0 Å². The second-order valence-electron chi connectivity index (χ2n) is 5.41. The Morgan fingerprint density at radius 1 is 1.23 bits per heavy atom. The molecule has 22 heavy (non-hydrogen) atoms. The van der Waals surface area contributed by atoms with E-state index in [1.54, 1.807) is 0 Å². The maximum absolute atomic E-state index is 5.58. The number of ether oxygens (including phenoxy) is 1. The van der Waals surface area contributed by atoms with E-state index >= 15 is 0 Å². The second-order valence-corrected chi connectivity index (χ2v) is 5.41. The average molecular weight is 299 g/mol. The fourth-order valence-electron chi connectivity index (χ4n) is 3.04. The molecule has 1 aromatic carbocycles. The normalized spacial score (nSPS) is 19.3. The van der Waals surface area contributed by atoms with Crippen LogP contribution in [0.15, 0.2) is 37.6 Å². The number of methoxy groups -OCH3 is 1. The minimum absolute atomic E-state index is 0.346. The van der Waals surface area contributed by atoms with E-state index in [1.165, 1.54) is 22.1 Å². The molecule has 0 saturated carbocycles. The summed E-state index contributed by atoms with van der Waals surface area (Å²) in [7, 11) is 1.82. The highest BCUT2D eigenvalue weighted by Crippen LogP contribution is 2.35. The van der Waals surface area contributed by atoms with Crippen molar-refractivity contribution in [2.24, 2.45) is 0 Å². The predicted octanol–water partition coefficient (Wildman–Crippen LogP) is 5.44. The number of pyridine rings is 1. The summed E-state index contributed by atoms with van der Waals surface area (Å²) >= 11 is 0. The maximum atomic E-state index is 5.58. The van der Waals surface area contributed by atoms with Gasteiger partial charge in [0.25, 0.3) is 0 Å². The Balaban J connectivity index is 0.000000561. The minimum atomic E-state index is 0.346. The summed E-state index contributed by atoms with van der Waals surface area (Å²) in [5, 5.41) is 1.31. The molecule has 0 aliphatic heterocycles. The zero-order chi connectivity index (χ0) is 16.7. The summed E-state index contributed by atoms with van der Waals surface area (Å²) in [4.78, 5) is 4.60. The number of benzene rings is 1. The van der Waals surface area contributed by atoms with E-state index in [9.17, 15) is 0 Å². The number of aromatic nitrogens is 1. The third kappa shape index (κ3) is 3.75. The van der Waals surface area contributed by atoms with Gasteiger partial charge in [-0.2, -0.15) is 0 Å². The van der Waals surface area contributed by atoms with Gasteiger partial charge in [-0.3, -0.25) is 4.98 Å². The largest absolute Gasteiger partial charge is 0.381 e. The molecule has 1 aliphatic rings. The van der Waals surface area contributed by atoms with Crippen LogP contribution in [0.3, 0.4) is 0 Å². The Bertz CT molecular complexity index is 606. The summed E-state index contributed by atoms with van der Waals surface area (Å²) in [6.45, 7) is 14.4. The summed E-state index contributed by atoms with van der Waals surface area (Å²) in [5.41, 5.74) is 5.24. The van der Waals surface area contributed by atoms with Gasteiger partial charge in [-0.25, -0.2) is 0 Å². The molecule has 3 rings (SSSR count). The fourth-order valence-corrected chi connectivity index (χ4v) is 3.04. The Labute approximate surface area is 135 Å². The minimum Gasteiger partial charge on any atom is -0.381 e. The van der Waals surface area contributed by atoms with Crippen molar-refractivity contribution in [3.63, 3.8) is 0 Å². The van der Waals surface area contributed by atoms with Gasteiger partial charge < -0.3 is 4.74 Å². The van der Waals surface area contributed by atoms with Crippen molar-refractivity contribution in [2.45, 2.75) is 52.6 Å². The molecule has 1 aliphatic carbocycles. The Kier molecular flexibility index (Phi) is 7.26. The van der Waals surface area contributed by atoms with Gasteiger partial charge in [0.15, 0.2) is 0 Å². The number of fused-ring (bicyclic) bond motifs is 3. The fraction of sp³-hybridized carbons (Fsp3) is 0.450. The van der Waals surface area contributed by atoms with E-state index in [0.717, 1.165) is 18.4 Å². The molecule has 2 nitrogen and oxygen atoms in total. The van der Waals surface area contributed by atoms with Gasteiger partial charge in [-0.15, -0.1) is 13.2 Å². The first kappa shape index (κ1) is 18.4. The predicted molar refractivity (Wildman–Crippen MR) is 96.6 cm³/mol. The first-order valence-corrected chi connectivity index (χ1v) is 8.10. The molecule has 2 heteroatoms. The lowest BCUT2D eigenvalue weighted by Gasteiger charge is -2.29. The van der Waals surface area contributed by atoms with E-state index in [0.29, 0.717) is 12.0 Å². The molecule has 1 heterocycles. The lowest BCUT2D eigenvalue weighted by molar-refractivity contribution is 0.0850. The number of nitrogens with zero attached hydrogens (tertiary/aromatic N) is 1. The molecular formula is C20H29NO. The van der Waals surface area contributed by atoms with E-state index in [2.05, 4.69) is 56.4 Å². The van der Waals surface area contributed by atoms with Crippen molar-refractivity contribution in [3.8, 4) is 0 Å². The number of aryl methyl sites for hydroxylation is 1. The summed E-state index contributed by atoms with van der Waals surface area (Å²) < 4.78 is 5.58. The van der Waals surface area contributed by atoms with Crippen molar-refractivity contribution in [2.75, 3.05) is 7.11 Å². The SMILES string of the molecule is C=C.CC.COC1Cc2c(cnc3ccc(C)cc23)C(C)C1. The van der Waals surface area contributed by atoms with Crippen molar-refractivity contribution in [1.82, 2.24) is 4.98 Å². The van der Waals surface area contributed by atoms with Gasteiger partial charge in [-0.05, 0) is 48.9 Å². The molecule has 0 spiro atoms. The summed E-state index contributed by atoms with van der Waals surface area (Å²) in [6.07, 6.45) is 4.52. The van der Waals surface area contributed by atoms with Crippen molar-refractivity contribution < 1.29 is 4.74 Å². The van der Waals surface area contributed by atoms with Crippen LogP contribution >= 0.6 is 0 Å². The van der Waals surface area contributed by atoms with Crippen LogP contribution in [0.2, 0.25) is 0 Å². The molecular weight excluding hydrogens is 270 g/mol. The average Bonchev–Trinajstić information content (AvgIpc) is 2.58. The topological polar surface area (TPSA) is 22.1 Å². The van der Waals surface area contributed by atoms with Gasteiger partial charge in [0.1, 0.15) is 0 Å². The highest BCUT2D eigenvalue weighted by molar-refractivity contribution is 5.84. The standard InChI is InChI=1S/C16H19NO.C2H6.C2H4/c1-10-4-5-16-14(6-10)13-8-12(18-3)7-11(2)15(13)9-17-16;2*1-2/h4-6,9,11-12H,7-8H2,1-3H3;1-2H3;1-2H2. The number of rotatable bonds is 1. The quantitative estimate of drug-likeness (QED) is 0.654. The highest BCUT2D eigenvalue weighted by Gasteiger charge is 2.25. The zero-order valence-electron chi connectivity index (χ0n) is 14.6. The molecule has 120 valence electrons. The van der Waals surface area contributed by atoms with Gasteiger partial charge in [0.2, 0.25) is 0 Å². The Morgan fingerprint density at radius 3 is 2.55 bits per heavy atom. The van der Waals surface area contributed by atoms with Crippen LogP contribution < -0.4 is 0 Å². The van der Waals surface area contributed by atoms with Crippen molar-refractivity contribution in [3.05, 3.63) is 54.2 Å². The van der Waals surface area contributed by atoms with Crippen molar-refractivity contribution >= 4 is 10.9 Å². The van der Waals surface area contributed by atoms with Crippen LogP contribution in [0.25, 0.3) is 10.9 Å². The molecule has 0 N–H and O–H groups in total. The maximum Gasteiger partial charge on any atom is 0.0705 e. The molecule has 0 bridgehead atoms. The van der Waals surface area contributed by atoms with Gasteiger partial charge >= 0.3 is 0 Å². The first-order valence-electron chi connectivity index (χ1n) is 8.10. The van der Waals surface area contributed by atoms with Gasteiger partial charge in [0, 0.05) is 18.7 Å². The van der Waals surface area contributed by atoms with Crippen LogP contribution in [-0.2, 0) is 11.2 Å². The number of hydrogen-bond acceptors (Lipinski definition) is 2. The van der Waals surface area contributed by atoms with Crippen LogP contribution in [0.1, 0.15) is 49.8 Å². The Hall–Kier alpha value is -1.67. The zero-order valence-corrected chi connectivity index (χ0v) is 14.6. The smallest absolute Gasteiger partial charge is 0.0705 e. The van der Waals surface area contributed by atoms with Crippen LogP contribution in [0, 0.1) is 6.92 Å². The van der Waals surface area contributed by atoms with Crippen molar-refractivity contribution in [1.29, 1.82) is 0 Å². The summed E-state index contributed by atoms with van der Waals surface area (Å²) in [5.74, 6) is 0.538. The molecule has 0 fully saturated rings. The first-order chi connectivity index (χ1) is 10.7. The van der Waals surface area contributed by atoms with Gasteiger partial charge in [-0.1, -0.05) is 32.4 Å².